The first-order valence-corrected chi connectivity index (χ1v) is 4.63. The fourth-order valence-electron chi connectivity index (χ4n) is 0.248. The molecule has 0 aliphatic rings. The predicted molar refractivity (Wildman–Crippen MR) is 39.1 cm³/mol. The molecule has 0 N–H and O–H groups in total. The first kappa shape index (κ1) is 9.00. The van der Waals surface area contributed by atoms with Gasteiger partial charge in [0.1, 0.15) is 0 Å². The minimum atomic E-state index is -3.26. The van der Waals surface area contributed by atoms with Crippen LogP contribution in [0, 0.1) is 0 Å². The Labute approximate surface area is 60.1 Å². The van der Waals surface area contributed by atoms with E-state index in [1.54, 1.807) is 0 Å². The second-order valence-electron chi connectivity index (χ2n) is 1.48. The Morgan fingerprint density at radius 2 is 2.22 bits per heavy atom. The highest BCUT2D eigenvalue weighted by molar-refractivity contribution is 7.86. The fraction of sp³-hybridized carbons (Fsp3) is 0.750. The lowest BCUT2D eigenvalue weighted by Crippen LogP contribution is -2.03. The lowest BCUT2D eigenvalue weighted by Gasteiger charge is -1.94. The normalized spacial score (nSPS) is 11.2. The molecule has 0 aliphatic heterocycles. The van der Waals surface area contributed by atoms with Crippen LogP contribution in [0.4, 0.5) is 0 Å². The fourth-order valence-corrected chi connectivity index (χ4v) is 0.743. The van der Waals surface area contributed by atoms with E-state index < -0.39 is 10.1 Å². The summed E-state index contributed by atoms with van der Waals surface area (Å²) in [6.07, 6.45) is 1.50. The molecule has 0 unspecified atom stereocenters. The lowest BCUT2D eigenvalue weighted by atomic mass is 10.5. The van der Waals surface area contributed by atoms with Crippen molar-refractivity contribution in [2.24, 2.45) is 0 Å². The average molecular weight is 168 g/mol. The number of thiocarbonyl (C=S) groups is 1. The number of rotatable bonds is 4. The molecular formula is C4H8O3S2. The van der Waals surface area contributed by atoms with Crippen LogP contribution in [0.25, 0.3) is 0 Å². The van der Waals surface area contributed by atoms with E-state index in [4.69, 9.17) is 0 Å². The Balaban J connectivity index is 3.40. The molecule has 0 heterocycles. The molecule has 0 aliphatic carbocycles. The maximum Gasteiger partial charge on any atom is 0.264 e. The van der Waals surface area contributed by atoms with Gasteiger partial charge in [-0.05, 0) is 5.37 Å². The molecule has 0 aromatic heterocycles. The Bertz CT molecular complexity index is 170. The summed E-state index contributed by atoms with van der Waals surface area (Å²) >= 11 is 4.44. The van der Waals surface area contributed by atoms with Crippen molar-refractivity contribution in [2.75, 3.05) is 12.9 Å². The van der Waals surface area contributed by atoms with E-state index >= 15 is 0 Å². The third kappa shape index (κ3) is 8.00. The summed E-state index contributed by atoms with van der Waals surface area (Å²) in [5.74, 6) is 0. The van der Waals surface area contributed by atoms with Crippen molar-refractivity contribution in [1.29, 1.82) is 0 Å². The van der Waals surface area contributed by atoms with E-state index in [9.17, 15) is 8.42 Å². The summed E-state index contributed by atoms with van der Waals surface area (Å²) in [5, 5.41) is 1.44. The van der Waals surface area contributed by atoms with Crippen LogP contribution in [0.2, 0.25) is 0 Å². The van der Waals surface area contributed by atoms with Gasteiger partial charge in [0.15, 0.2) is 0 Å². The monoisotopic (exact) mass is 168 g/mol. The van der Waals surface area contributed by atoms with Crippen molar-refractivity contribution in [3.8, 4) is 0 Å². The third-order valence-corrected chi connectivity index (χ3v) is 1.36. The van der Waals surface area contributed by atoms with Gasteiger partial charge in [-0.3, -0.25) is 4.18 Å². The van der Waals surface area contributed by atoms with E-state index in [0.29, 0.717) is 6.42 Å². The van der Waals surface area contributed by atoms with E-state index in [1.165, 1.54) is 5.37 Å². The molecule has 0 atom stereocenters. The molecule has 9 heavy (non-hydrogen) atoms. The first-order chi connectivity index (χ1) is 4.06. The van der Waals surface area contributed by atoms with Gasteiger partial charge < -0.3 is 0 Å². The Morgan fingerprint density at radius 1 is 1.67 bits per heavy atom. The summed E-state index contributed by atoms with van der Waals surface area (Å²) in [5.41, 5.74) is 0. The largest absolute Gasteiger partial charge is 0.270 e. The highest BCUT2D eigenvalue weighted by Crippen LogP contribution is 1.86. The van der Waals surface area contributed by atoms with Crippen LogP contribution in [0.5, 0.6) is 0 Å². The summed E-state index contributed by atoms with van der Waals surface area (Å²) in [6, 6.07) is 0. The van der Waals surface area contributed by atoms with Gasteiger partial charge in [0.2, 0.25) is 0 Å². The minimum absolute atomic E-state index is 0.155. The zero-order chi connectivity index (χ0) is 7.33. The first-order valence-electron chi connectivity index (χ1n) is 2.34. The van der Waals surface area contributed by atoms with Crippen LogP contribution in [0.1, 0.15) is 6.42 Å². The second kappa shape index (κ2) is 3.92. The molecule has 3 nitrogen and oxygen atoms in total. The van der Waals surface area contributed by atoms with Gasteiger partial charge in [0, 0.05) is 6.42 Å². The van der Waals surface area contributed by atoms with Gasteiger partial charge in [0.25, 0.3) is 10.1 Å². The van der Waals surface area contributed by atoms with Crippen LogP contribution >= 0.6 is 12.2 Å². The molecule has 0 spiro atoms. The zero-order valence-electron chi connectivity index (χ0n) is 5.03. The Hall–Kier alpha value is -0.0000000000000000555. The molecular weight excluding hydrogens is 160 g/mol. The Morgan fingerprint density at radius 3 is 2.56 bits per heavy atom. The molecule has 0 fully saturated rings. The highest BCUT2D eigenvalue weighted by Gasteiger charge is 1.97. The Kier molecular flexibility index (Phi) is 3.92. The molecule has 0 radical (unpaired) electrons. The summed E-state index contributed by atoms with van der Waals surface area (Å²) in [7, 11) is -3.26. The predicted octanol–water partition coefficient (Wildman–Crippen LogP) is 0.352. The second-order valence-corrected chi connectivity index (χ2v) is 3.46. The van der Waals surface area contributed by atoms with Crippen molar-refractivity contribution in [3.05, 3.63) is 0 Å². The van der Waals surface area contributed by atoms with Gasteiger partial charge in [-0.15, -0.1) is 0 Å². The highest BCUT2D eigenvalue weighted by atomic mass is 32.2. The molecule has 5 heteroatoms. The van der Waals surface area contributed by atoms with Crippen LogP contribution in [-0.2, 0) is 14.3 Å². The molecule has 0 aromatic carbocycles. The van der Waals surface area contributed by atoms with Gasteiger partial charge in [-0.2, -0.15) is 8.42 Å². The van der Waals surface area contributed by atoms with Crippen molar-refractivity contribution in [1.82, 2.24) is 0 Å². The molecule has 0 saturated heterocycles. The summed E-state index contributed by atoms with van der Waals surface area (Å²) < 4.78 is 24.8. The molecule has 54 valence electrons. The van der Waals surface area contributed by atoms with Gasteiger partial charge >= 0.3 is 0 Å². The van der Waals surface area contributed by atoms with Gasteiger partial charge in [0.05, 0.1) is 12.9 Å². The van der Waals surface area contributed by atoms with Crippen molar-refractivity contribution in [3.63, 3.8) is 0 Å². The SMILES string of the molecule is CS(=O)(=O)OCCC=S. The number of hydrogen-bond acceptors (Lipinski definition) is 4. The molecule has 0 bridgehead atoms. The minimum Gasteiger partial charge on any atom is -0.270 e. The molecule has 0 saturated carbocycles. The molecule has 0 aromatic rings. The van der Waals surface area contributed by atoms with Crippen LogP contribution in [0.3, 0.4) is 0 Å². The van der Waals surface area contributed by atoms with Crippen LogP contribution < -0.4 is 0 Å². The van der Waals surface area contributed by atoms with Crippen molar-refractivity contribution >= 4 is 27.7 Å². The van der Waals surface area contributed by atoms with Crippen molar-refractivity contribution < 1.29 is 12.6 Å². The van der Waals surface area contributed by atoms with E-state index in [0.717, 1.165) is 6.26 Å². The molecule has 0 amide bonds. The smallest absolute Gasteiger partial charge is 0.264 e. The van der Waals surface area contributed by atoms with Crippen LogP contribution in [-0.4, -0.2) is 26.6 Å². The van der Waals surface area contributed by atoms with Gasteiger partial charge in [-0.1, -0.05) is 12.2 Å². The maximum absolute atomic E-state index is 10.2. The quantitative estimate of drug-likeness (QED) is 0.345. The maximum atomic E-state index is 10.2. The number of hydrogen-bond donors (Lipinski definition) is 0. The zero-order valence-corrected chi connectivity index (χ0v) is 6.67. The van der Waals surface area contributed by atoms with Crippen LogP contribution in [0.15, 0.2) is 0 Å². The molecule has 0 rings (SSSR count). The average Bonchev–Trinajstić information content (AvgIpc) is 1.63. The van der Waals surface area contributed by atoms with E-state index in [2.05, 4.69) is 16.4 Å². The van der Waals surface area contributed by atoms with Gasteiger partial charge in [-0.25, -0.2) is 0 Å². The lowest BCUT2D eigenvalue weighted by molar-refractivity contribution is 0.334. The van der Waals surface area contributed by atoms with Crippen molar-refractivity contribution in [2.45, 2.75) is 6.42 Å². The standard InChI is InChI=1S/C4H8O3S2/c1-9(5,6)7-3-2-4-8/h4H,2-3H2,1H3. The third-order valence-electron chi connectivity index (χ3n) is 0.533. The van der Waals surface area contributed by atoms with E-state index in [-0.39, 0.29) is 6.61 Å². The van der Waals surface area contributed by atoms with E-state index in [1.807, 2.05) is 0 Å². The summed E-state index contributed by atoms with van der Waals surface area (Å²) in [6.45, 7) is 0.155. The summed E-state index contributed by atoms with van der Waals surface area (Å²) in [4.78, 5) is 0. The topological polar surface area (TPSA) is 43.4 Å².